The Kier molecular flexibility index (Phi) is 3.30. The number of rotatable bonds is 4. The third-order valence-electron chi connectivity index (χ3n) is 3.65. The number of carbonyl (C=O) groups is 2. The summed E-state index contributed by atoms with van der Waals surface area (Å²) in [6.07, 6.45) is 1.43. The van der Waals surface area contributed by atoms with Crippen molar-refractivity contribution in [2.45, 2.75) is 31.4 Å². The summed E-state index contributed by atoms with van der Waals surface area (Å²) in [6.45, 7) is 0. The maximum Gasteiger partial charge on any atom is 0.326 e. The van der Waals surface area contributed by atoms with Gasteiger partial charge in [0.15, 0.2) is 6.10 Å². The largest absolute Gasteiger partial charge is 0.480 e. The third kappa shape index (κ3) is 2.58. The predicted molar refractivity (Wildman–Crippen MR) is 71.9 cm³/mol. The van der Waals surface area contributed by atoms with Gasteiger partial charge in [-0.1, -0.05) is 11.6 Å². The Hall–Kier alpha value is -1.75. The molecular formula is C14H14ClNO4. The topological polar surface area (TPSA) is 75.6 Å². The molecule has 1 heterocycles. The summed E-state index contributed by atoms with van der Waals surface area (Å²) >= 11 is 5.89. The smallest absolute Gasteiger partial charge is 0.326 e. The molecule has 5 nitrogen and oxygen atoms in total. The number of fused-ring (bicyclic) bond motifs is 1. The number of carboxylic acids is 1. The van der Waals surface area contributed by atoms with Gasteiger partial charge >= 0.3 is 5.97 Å². The van der Waals surface area contributed by atoms with Crippen LogP contribution in [0.5, 0.6) is 5.75 Å². The number of benzene rings is 1. The van der Waals surface area contributed by atoms with Gasteiger partial charge in [0.1, 0.15) is 11.8 Å². The van der Waals surface area contributed by atoms with Crippen LogP contribution >= 0.6 is 11.6 Å². The van der Waals surface area contributed by atoms with Gasteiger partial charge in [-0.05, 0) is 42.5 Å². The van der Waals surface area contributed by atoms with E-state index in [9.17, 15) is 9.59 Å². The predicted octanol–water partition coefficient (Wildman–Crippen LogP) is 1.62. The molecule has 1 saturated carbocycles. The maximum atomic E-state index is 12.1. The van der Waals surface area contributed by atoms with Gasteiger partial charge < -0.3 is 15.2 Å². The molecule has 0 saturated heterocycles. The molecule has 3 rings (SSSR count). The number of carbonyl (C=O) groups excluding carboxylic acids is 1. The van der Waals surface area contributed by atoms with Crippen LogP contribution in [0.1, 0.15) is 18.4 Å². The van der Waals surface area contributed by atoms with Crippen molar-refractivity contribution in [3.8, 4) is 5.75 Å². The van der Waals surface area contributed by atoms with Crippen LogP contribution in [-0.2, 0) is 16.0 Å². The van der Waals surface area contributed by atoms with E-state index in [1.165, 1.54) is 0 Å². The van der Waals surface area contributed by atoms with Gasteiger partial charge in [-0.3, -0.25) is 4.79 Å². The van der Waals surface area contributed by atoms with Crippen LogP contribution in [0.3, 0.4) is 0 Å². The Bertz CT molecular complexity index is 570. The van der Waals surface area contributed by atoms with Crippen molar-refractivity contribution in [2.24, 2.45) is 5.92 Å². The fourth-order valence-corrected chi connectivity index (χ4v) is 2.62. The fraction of sp³-hybridized carbons (Fsp3) is 0.429. The van der Waals surface area contributed by atoms with E-state index >= 15 is 0 Å². The highest BCUT2D eigenvalue weighted by atomic mass is 35.5. The summed E-state index contributed by atoms with van der Waals surface area (Å²) in [5, 5.41) is 12.3. The SMILES string of the molecule is O=C(NC(C(=O)O)C1CC1)C1Cc2cc(Cl)ccc2O1. The first-order valence-electron chi connectivity index (χ1n) is 6.53. The number of ether oxygens (including phenoxy) is 1. The number of hydrogen-bond acceptors (Lipinski definition) is 3. The molecule has 2 unspecified atom stereocenters. The van der Waals surface area contributed by atoms with Crippen LogP contribution in [-0.4, -0.2) is 29.1 Å². The molecule has 106 valence electrons. The second-order valence-corrected chi connectivity index (χ2v) is 5.66. The average molecular weight is 296 g/mol. The van der Waals surface area contributed by atoms with Gasteiger partial charge in [0, 0.05) is 11.4 Å². The van der Waals surface area contributed by atoms with Gasteiger partial charge in [0.05, 0.1) is 0 Å². The van der Waals surface area contributed by atoms with E-state index in [0.717, 1.165) is 18.4 Å². The van der Waals surface area contributed by atoms with E-state index in [4.69, 9.17) is 21.4 Å². The molecule has 20 heavy (non-hydrogen) atoms. The first-order chi connectivity index (χ1) is 9.54. The molecule has 0 spiro atoms. The van der Waals surface area contributed by atoms with Gasteiger partial charge in [0.25, 0.3) is 5.91 Å². The number of halogens is 1. The zero-order valence-corrected chi connectivity index (χ0v) is 11.4. The van der Waals surface area contributed by atoms with Crippen molar-refractivity contribution >= 4 is 23.5 Å². The Labute approximate surface area is 120 Å². The first kappa shape index (κ1) is 13.2. The summed E-state index contributed by atoms with van der Waals surface area (Å²) in [5.41, 5.74) is 0.871. The molecule has 2 aliphatic rings. The molecule has 0 radical (unpaired) electrons. The maximum absolute atomic E-state index is 12.1. The van der Waals surface area contributed by atoms with Crippen molar-refractivity contribution in [2.75, 3.05) is 0 Å². The van der Waals surface area contributed by atoms with Crippen molar-refractivity contribution in [1.29, 1.82) is 0 Å². The molecule has 2 N–H and O–H groups in total. The van der Waals surface area contributed by atoms with E-state index in [-0.39, 0.29) is 11.8 Å². The second-order valence-electron chi connectivity index (χ2n) is 5.22. The zero-order valence-electron chi connectivity index (χ0n) is 10.6. The average Bonchev–Trinajstić information content (AvgIpc) is 3.14. The minimum atomic E-state index is -0.987. The third-order valence-corrected chi connectivity index (χ3v) is 3.88. The summed E-state index contributed by atoms with van der Waals surface area (Å²) in [4.78, 5) is 23.2. The first-order valence-corrected chi connectivity index (χ1v) is 6.90. The molecule has 1 aliphatic carbocycles. The summed E-state index contributed by atoms with van der Waals surface area (Å²) < 4.78 is 5.54. The number of amides is 1. The quantitative estimate of drug-likeness (QED) is 0.885. The molecule has 0 aromatic heterocycles. The van der Waals surface area contributed by atoms with E-state index in [1.54, 1.807) is 18.2 Å². The summed E-state index contributed by atoms with van der Waals surface area (Å²) in [6, 6.07) is 4.38. The Morgan fingerprint density at radius 3 is 2.80 bits per heavy atom. The van der Waals surface area contributed by atoms with Gasteiger partial charge in [-0.25, -0.2) is 4.79 Å². The molecule has 1 fully saturated rings. The van der Waals surface area contributed by atoms with Crippen molar-refractivity contribution in [3.05, 3.63) is 28.8 Å². The van der Waals surface area contributed by atoms with Crippen LogP contribution < -0.4 is 10.1 Å². The van der Waals surface area contributed by atoms with E-state index in [1.807, 2.05) is 0 Å². The standard InChI is InChI=1S/C14H14ClNO4/c15-9-3-4-10-8(5-9)6-11(20-10)13(17)16-12(14(18)19)7-1-2-7/h3-5,7,11-12H,1-2,6H2,(H,16,17)(H,18,19). The lowest BCUT2D eigenvalue weighted by atomic mass is 10.1. The second kappa shape index (κ2) is 4.98. The van der Waals surface area contributed by atoms with Crippen LogP contribution in [0.4, 0.5) is 0 Å². The molecular weight excluding hydrogens is 282 g/mol. The number of hydrogen-bond donors (Lipinski definition) is 2. The Morgan fingerprint density at radius 1 is 1.40 bits per heavy atom. The number of nitrogens with one attached hydrogen (secondary N) is 1. The zero-order chi connectivity index (χ0) is 14.3. The summed E-state index contributed by atoms with van der Waals surface area (Å²) in [5.74, 6) is -0.682. The highest BCUT2D eigenvalue weighted by molar-refractivity contribution is 6.30. The lowest BCUT2D eigenvalue weighted by Crippen LogP contribution is -2.47. The van der Waals surface area contributed by atoms with E-state index in [2.05, 4.69) is 5.32 Å². The molecule has 1 aromatic rings. The Balaban J connectivity index is 1.66. The highest BCUT2D eigenvalue weighted by Crippen LogP contribution is 2.34. The van der Waals surface area contributed by atoms with Crippen molar-refractivity contribution in [1.82, 2.24) is 5.32 Å². The highest BCUT2D eigenvalue weighted by Gasteiger charge is 2.39. The molecule has 0 bridgehead atoms. The van der Waals surface area contributed by atoms with Gasteiger partial charge in [-0.2, -0.15) is 0 Å². The lowest BCUT2D eigenvalue weighted by Gasteiger charge is -2.16. The molecule has 1 amide bonds. The van der Waals surface area contributed by atoms with Crippen LogP contribution in [0.25, 0.3) is 0 Å². The molecule has 6 heteroatoms. The monoisotopic (exact) mass is 295 g/mol. The number of carboxylic acid groups (broad SMARTS) is 1. The van der Waals surface area contributed by atoms with Crippen LogP contribution in [0, 0.1) is 5.92 Å². The molecule has 1 aromatic carbocycles. The van der Waals surface area contributed by atoms with Crippen LogP contribution in [0.2, 0.25) is 5.02 Å². The van der Waals surface area contributed by atoms with Gasteiger partial charge in [-0.15, -0.1) is 0 Å². The van der Waals surface area contributed by atoms with E-state index in [0.29, 0.717) is 17.2 Å². The fourth-order valence-electron chi connectivity index (χ4n) is 2.42. The Morgan fingerprint density at radius 2 is 2.15 bits per heavy atom. The minimum absolute atomic E-state index is 0.0506. The minimum Gasteiger partial charge on any atom is -0.480 e. The lowest BCUT2D eigenvalue weighted by molar-refractivity contribution is -0.143. The van der Waals surface area contributed by atoms with Crippen LogP contribution in [0.15, 0.2) is 18.2 Å². The molecule has 2 atom stereocenters. The van der Waals surface area contributed by atoms with Crippen molar-refractivity contribution in [3.63, 3.8) is 0 Å². The normalized spacial score (nSPS) is 21.8. The number of aliphatic carboxylic acids is 1. The van der Waals surface area contributed by atoms with Gasteiger partial charge in [0.2, 0.25) is 0 Å². The van der Waals surface area contributed by atoms with E-state index < -0.39 is 18.1 Å². The summed E-state index contributed by atoms with van der Waals surface area (Å²) in [7, 11) is 0. The molecule has 1 aliphatic heterocycles. The van der Waals surface area contributed by atoms with Crippen molar-refractivity contribution < 1.29 is 19.4 Å².